The third-order valence-corrected chi connectivity index (χ3v) is 2.84. The van der Waals surface area contributed by atoms with Crippen LogP contribution in [0.1, 0.15) is 5.56 Å². The van der Waals surface area contributed by atoms with Crippen LogP contribution in [0.15, 0.2) is 54.9 Å². The van der Waals surface area contributed by atoms with Crippen molar-refractivity contribution in [2.24, 2.45) is 0 Å². The SMILES string of the molecule is Cc1ccccc1-c1cnc2ccccn12. The van der Waals surface area contributed by atoms with Gasteiger partial charge in [-0.3, -0.25) is 4.40 Å². The summed E-state index contributed by atoms with van der Waals surface area (Å²) in [6, 6.07) is 14.4. The molecule has 0 N–H and O–H groups in total. The second kappa shape index (κ2) is 3.49. The molecule has 2 heterocycles. The lowest BCUT2D eigenvalue weighted by molar-refractivity contribution is 1.19. The van der Waals surface area contributed by atoms with E-state index in [0.29, 0.717) is 0 Å². The van der Waals surface area contributed by atoms with Crippen molar-refractivity contribution in [1.29, 1.82) is 0 Å². The Morgan fingerprint density at radius 1 is 1.00 bits per heavy atom. The number of nitrogens with zero attached hydrogens (tertiary/aromatic N) is 2. The zero-order chi connectivity index (χ0) is 11.0. The van der Waals surface area contributed by atoms with Gasteiger partial charge in [0.25, 0.3) is 0 Å². The Bertz CT molecular complexity index is 638. The van der Waals surface area contributed by atoms with Crippen molar-refractivity contribution in [2.75, 3.05) is 0 Å². The Hall–Kier alpha value is -2.09. The molecule has 2 nitrogen and oxygen atoms in total. The summed E-state index contributed by atoms with van der Waals surface area (Å²) >= 11 is 0. The summed E-state index contributed by atoms with van der Waals surface area (Å²) in [6.07, 6.45) is 3.97. The van der Waals surface area contributed by atoms with Crippen LogP contribution < -0.4 is 0 Å². The van der Waals surface area contributed by atoms with E-state index in [9.17, 15) is 0 Å². The van der Waals surface area contributed by atoms with Gasteiger partial charge < -0.3 is 0 Å². The van der Waals surface area contributed by atoms with Crippen molar-refractivity contribution in [3.63, 3.8) is 0 Å². The number of hydrogen-bond donors (Lipinski definition) is 0. The van der Waals surface area contributed by atoms with E-state index in [4.69, 9.17) is 0 Å². The standard InChI is InChI=1S/C14H12N2/c1-11-6-2-3-7-12(11)13-10-15-14-8-4-5-9-16(13)14/h2-10H,1H3. The molecule has 0 fully saturated rings. The first-order valence-corrected chi connectivity index (χ1v) is 5.34. The van der Waals surface area contributed by atoms with Crippen LogP contribution in [0.2, 0.25) is 0 Å². The van der Waals surface area contributed by atoms with E-state index in [0.717, 1.165) is 11.3 Å². The van der Waals surface area contributed by atoms with E-state index in [2.05, 4.69) is 40.6 Å². The van der Waals surface area contributed by atoms with Crippen LogP contribution >= 0.6 is 0 Å². The van der Waals surface area contributed by atoms with Gasteiger partial charge in [-0.05, 0) is 24.6 Å². The van der Waals surface area contributed by atoms with Gasteiger partial charge in [0.05, 0.1) is 11.9 Å². The number of hydrogen-bond acceptors (Lipinski definition) is 1. The van der Waals surface area contributed by atoms with Gasteiger partial charge in [-0.25, -0.2) is 4.98 Å². The Kier molecular flexibility index (Phi) is 2.00. The van der Waals surface area contributed by atoms with Crippen LogP contribution in [0.5, 0.6) is 0 Å². The van der Waals surface area contributed by atoms with E-state index in [1.165, 1.54) is 11.1 Å². The summed E-state index contributed by atoms with van der Waals surface area (Å²) < 4.78 is 2.11. The van der Waals surface area contributed by atoms with E-state index in [1.807, 2.05) is 30.6 Å². The minimum atomic E-state index is 0.987. The van der Waals surface area contributed by atoms with Crippen LogP contribution in [0.4, 0.5) is 0 Å². The molecule has 0 bridgehead atoms. The van der Waals surface area contributed by atoms with Crippen molar-refractivity contribution in [2.45, 2.75) is 6.92 Å². The molecular formula is C14H12N2. The normalized spacial score (nSPS) is 10.8. The van der Waals surface area contributed by atoms with Gasteiger partial charge in [-0.1, -0.05) is 30.3 Å². The fourth-order valence-electron chi connectivity index (χ4n) is 1.99. The Labute approximate surface area is 94.2 Å². The molecule has 1 aromatic carbocycles. The van der Waals surface area contributed by atoms with Crippen molar-refractivity contribution >= 4 is 5.65 Å². The lowest BCUT2D eigenvalue weighted by atomic mass is 10.1. The van der Waals surface area contributed by atoms with Crippen LogP contribution in [0, 0.1) is 6.92 Å². The maximum atomic E-state index is 4.40. The first-order chi connectivity index (χ1) is 7.86. The molecule has 0 unspecified atom stereocenters. The van der Waals surface area contributed by atoms with Crippen LogP contribution in [-0.2, 0) is 0 Å². The summed E-state index contributed by atoms with van der Waals surface area (Å²) in [5, 5.41) is 0. The predicted octanol–water partition coefficient (Wildman–Crippen LogP) is 3.31. The summed E-state index contributed by atoms with van der Waals surface area (Å²) in [5.74, 6) is 0. The van der Waals surface area contributed by atoms with Crippen molar-refractivity contribution in [1.82, 2.24) is 9.38 Å². The number of imidazole rings is 1. The highest BCUT2D eigenvalue weighted by molar-refractivity contribution is 5.66. The average Bonchev–Trinajstić information content (AvgIpc) is 2.74. The molecule has 3 aromatic rings. The third kappa shape index (κ3) is 1.31. The highest BCUT2D eigenvalue weighted by Gasteiger charge is 2.06. The Morgan fingerprint density at radius 2 is 1.81 bits per heavy atom. The lowest BCUT2D eigenvalue weighted by Crippen LogP contribution is -1.88. The van der Waals surface area contributed by atoms with Gasteiger partial charge in [0.15, 0.2) is 0 Å². The molecule has 3 rings (SSSR count). The fourth-order valence-corrected chi connectivity index (χ4v) is 1.99. The molecule has 0 aliphatic heterocycles. The second-order valence-corrected chi connectivity index (χ2v) is 3.89. The molecule has 78 valence electrons. The van der Waals surface area contributed by atoms with Gasteiger partial charge in [0, 0.05) is 11.8 Å². The number of fused-ring (bicyclic) bond motifs is 1. The first kappa shape index (κ1) is 9.16. The third-order valence-electron chi connectivity index (χ3n) is 2.84. The highest BCUT2D eigenvalue weighted by atomic mass is 15.0. The second-order valence-electron chi connectivity index (χ2n) is 3.89. The lowest BCUT2D eigenvalue weighted by Gasteiger charge is -2.04. The molecule has 0 spiro atoms. The molecule has 16 heavy (non-hydrogen) atoms. The van der Waals surface area contributed by atoms with Gasteiger partial charge in [0.2, 0.25) is 0 Å². The fraction of sp³-hybridized carbons (Fsp3) is 0.0714. The Balaban J connectivity index is 2.31. The smallest absolute Gasteiger partial charge is 0.137 e. The monoisotopic (exact) mass is 208 g/mol. The van der Waals surface area contributed by atoms with E-state index >= 15 is 0 Å². The molecular weight excluding hydrogens is 196 g/mol. The topological polar surface area (TPSA) is 17.3 Å². The number of pyridine rings is 1. The number of benzene rings is 1. The maximum absolute atomic E-state index is 4.40. The molecule has 0 aliphatic carbocycles. The quantitative estimate of drug-likeness (QED) is 0.599. The Morgan fingerprint density at radius 3 is 2.69 bits per heavy atom. The van der Waals surface area contributed by atoms with Crippen LogP contribution in [0.25, 0.3) is 16.9 Å². The molecule has 2 heteroatoms. The minimum Gasteiger partial charge on any atom is -0.300 e. The number of aryl methyl sites for hydroxylation is 1. The van der Waals surface area contributed by atoms with Crippen molar-refractivity contribution in [3.05, 3.63) is 60.4 Å². The van der Waals surface area contributed by atoms with Crippen molar-refractivity contribution < 1.29 is 0 Å². The number of aromatic nitrogens is 2. The maximum Gasteiger partial charge on any atom is 0.137 e. The number of rotatable bonds is 1. The molecule has 0 atom stereocenters. The molecule has 0 aliphatic rings. The van der Waals surface area contributed by atoms with E-state index in [-0.39, 0.29) is 0 Å². The molecule has 0 saturated carbocycles. The summed E-state index contributed by atoms with van der Waals surface area (Å²) in [7, 11) is 0. The van der Waals surface area contributed by atoms with Crippen LogP contribution in [-0.4, -0.2) is 9.38 Å². The van der Waals surface area contributed by atoms with E-state index in [1.54, 1.807) is 0 Å². The zero-order valence-electron chi connectivity index (χ0n) is 9.09. The summed E-state index contributed by atoms with van der Waals surface area (Å²) in [6.45, 7) is 2.12. The zero-order valence-corrected chi connectivity index (χ0v) is 9.09. The molecule has 0 amide bonds. The molecule has 0 radical (unpaired) electrons. The van der Waals surface area contributed by atoms with Gasteiger partial charge >= 0.3 is 0 Å². The predicted molar refractivity (Wildman–Crippen MR) is 65.4 cm³/mol. The van der Waals surface area contributed by atoms with Gasteiger partial charge in [-0.15, -0.1) is 0 Å². The summed E-state index contributed by atoms with van der Waals surface area (Å²) in [5.41, 5.74) is 4.64. The average molecular weight is 208 g/mol. The minimum absolute atomic E-state index is 0.987. The molecule has 0 saturated heterocycles. The van der Waals surface area contributed by atoms with Gasteiger partial charge in [0.1, 0.15) is 5.65 Å². The highest BCUT2D eigenvalue weighted by Crippen LogP contribution is 2.23. The summed E-state index contributed by atoms with van der Waals surface area (Å²) in [4.78, 5) is 4.40. The largest absolute Gasteiger partial charge is 0.300 e. The van der Waals surface area contributed by atoms with E-state index < -0.39 is 0 Å². The molecule has 2 aromatic heterocycles. The first-order valence-electron chi connectivity index (χ1n) is 5.34. The van der Waals surface area contributed by atoms with Gasteiger partial charge in [-0.2, -0.15) is 0 Å². The van der Waals surface area contributed by atoms with Crippen molar-refractivity contribution in [3.8, 4) is 11.3 Å². The van der Waals surface area contributed by atoms with Crippen LogP contribution in [0.3, 0.4) is 0 Å².